The van der Waals surface area contributed by atoms with Crippen molar-refractivity contribution in [1.82, 2.24) is 4.57 Å². The molecular formula is C27H29N3O2. The van der Waals surface area contributed by atoms with Crippen LogP contribution in [-0.2, 0) is 4.79 Å². The first-order valence-corrected chi connectivity index (χ1v) is 10.7. The van der Waals surface area contributed by atoms with Gasteiger partial charge in [-0.1, -0.05) is 18.2 Å². The smallest absolute Gasteiger partial charge is 0.266 e. The molecule has 0 saturated heterocycles. The van der Waals surface area contributed by atoms with Crippen molar-refractivity contribution in [3.63, 3.8) is 0 Å². The minimum absolute atomic E-state index is 0.0304. The van der Waals surface area contributed by atoms with Crippen molar-refractivity contribution in [3.8, 4) is 17.5 Å². The van der Waals surface area contributed by atoms with Gasteiger partial charge in [-0.3, -0.25) is 4.79 Å². The second kappa shape index (κ2) is 9.57. The number of hydrogen-bond donors (Lipinski definition) is 1. The molecule has 0 aliphatic carbocycles. The molecule has 1 N–H and O–H groups in total. The second-order valence-corrected chi connectivity index (χ2v) is 8.20. The van der Waals surface area contributed by atoms with E-state index in [9.17, 15) is 10.1 Å². The number of aryl methyl sites for hydroxylation is 2. The van der Waals surface area contributed by atoms with E-state index in [1.54, 1.807) is 24.3 Å². The summed E-state index contributed by atoms with van der Waals surface area (Å²) in [7, 11) is 0. The summed E-state index contributed by atoms with van der Waals surface area (Å²) in [4.78, 5) is 12.8. The summed E-state index contributed by atoms with van der Waals surface area (Å²) in [6, 6.07) is 17.4. The van der Waals surface area contributed by atoms with Crippen molar-refractivity contribution in [2.24, 2.45) is 0 Å². The van der Waals surface area contributed by atoms with Crippen LogP contribution < -0.4 is 10.1 Å². The fourth-order valence-corrected chi connectivity index (χ4v) is 3.70. The highest BCUT2D eigenvalue weighted by atomic mass is 16.5. The van der Waals surface area contributed by atoms with E-state index in [0.717, 1.165) is 22.6 Å². The molecule has 3 aromatic rings. The molecule has 164 valence electrons. The minimum Gasteiger partial charge on any atom is -0.491 e. The number of carbonyl (C=O) groups is 1. The van der Waals surface area contributed by atoms with Crippen molar-refractivity contribution in [2.75, 3.05) is 5.32 Å². The third-order valence-corrected chi connectivity index (χ3v) is 5.42. The molecular weight excluding hydrogens is 398 g/mol. The third kappa shape index (κ3) is 4.92. The topological polar surface area (TPSA) is 67.0 Å². The summed E-state index contributed by atoms with van der Waals surface area (Å²) in [5, 5.41) is 12.5. The Morgan fingerprint density at radius 2 is 1.81 bits per heavy atom. The maximum Gasteiger partial charge on any atom is 0.266 e. The average Bonchev–Trinajstić information content (AvgIpc) is 3.01. The highest BCUT2D eigenvalue weighted by molar-refractivity contribution is 6.09. The second-order valence-electron chi connectivity index (χ2n) is 8.20. The molecule has 2 aromatic carbocycles. The van der Waals surface area contributed by atoms with Crippen molar-refractivity contribution >= 4 is 17.7 Å². The Balaban J connectivity index is 1.91. The number of aromatic nitrogens is 1. The van der Waals surface area contributed by atoms with Gasteiger partial charge < -0.3 is 14.6 Å². The molecule has 0 saturated carbocycles. The van der Waals surface area contributed by atoms with Crippen molar-refractivity contribution in [3.05, 3.63) is 82.2 Å². The number of carbonyl (C=O) groups excluding carboxylic acids is 1. The number of nitrogens with one attached hydrogen (secondary N) is 1. The van der Waals surface area contributed by atoms with Crippen LogP contribution in [0.2, 0.25) is 0 Å². The summed E-state index contributed by atoms with van der Waals surface area (Å²) in [6.45, 7) is 12.1. The fraction of sp³-hybridized carbons (Fsp3) is 0.259. The molecule has 0 radical (unpaired) electrons. The van der Waals surface area contributed by atoms with Crippen LogP contribution in [0.3, 0.4) is 0 Å². The van der Waals surface area contributed by atoms with Gasteiger partial charge in [-0.2, -0.15) is 5.26 Å². The first kappa shape index (κ1) is 22.9. The Morgan fingerprint density at radius 3 is 2.50 bits per heavy atom. The Bertz CT molecular complexity index is 1230. The Morgan fingerprint density at radius 1 is 1.09 bits per heavy atom. The molecule has 1 heterocycles. The van der Waals surface area contributed by atoms with E-state index in [2.05, 4.69) is 35.9 Å². The average molecular weight is 428 g/mol. The van der Waals surface area contributed by atoms with E-state index in [1.807, 2.05) is 52.0 Å². The third-order valence-electron chi connectivity index (χ3n) is 5.42. The lowest BCUT2D eigenvalue weighted by Crippen LogP contribution is -2.14. The fourth-order valence-electron chi connectivity index (χ4n) is 3.70. The molecule has 32 heavy (non-hydrogen) atoms. The standard InChI is InChI=1S/C27H29N3O2/c1-17(2)32-25-11-8-10-24(15-25)29-27(31)23(16-28)14-22-13-19(4)30(21(22)6)26-12-7-9-18(3)20(26)5/h7-15,17H,1-6H3,(H,29,31)/b23-14-. The van der Waals surface area contributed by atoms with Crippen molar-refractivity contribution in [1.29, 1.82) is 5.26 Å². The van der Waals surface area contributed by atoms with E-state index in [4.69, 9.17) is 4.74 Å². The van der Waals surface area contributed by atoms with Crippen LogP contribution in [0.25, 0.3) is 11.8 Å². The van der Waals surface area contributed by atoms with E-state index in [1.165, 1.54) is 11.1 Å². The van der Waals surface area contributed by atoms with Gasteiger partial charge in [0.1, 0.15) is 17.4 Å². The van der Waals surface area contributed by atoms with E-state index < -0.39 is 5.91 Å². The molecule has 0 aliphatic heterocycles. The number of anilines is 1. The molecule has 0 spiro atoms. The first-order chi connectivity index (χ1) is 15.2. The summed E-state index contributed by atoms with van der Waals surface area (Å²) >= 11 is 0. The van der Waals surface area contributed by atoms with E-state index >= 15 is 0 Å². The number of ether oxygens (including phenoxy) is 1. The monoisotopic (exact) mass is 427 g/mol. The number of nitrogens with zero attached hydrogens (tertiary/aromatic N) is 2. The summed E-state index contributed by atoms with van der Waals surface area (Å²) in [5.74, 6) is 0.211. The number of hydrogen-bond acceptors (Lipinski definition) is 3. The van der Waals surface area contributed by atoms with Crippen LogP contribution in [-0.4, -0.2) is 16.6 Å². The Labute approximate surface area is 190 Å². The zero-order valence-electron chi connectivity index (χ0n) is 19.5. The van der Waals surface area contributed by atoms with E-state index in [-0.39, 0.29) is 11.7 Å². The Hall–Kier alpha value is -3.78. The number of amides is 1. The first-order valence-electron chi connectivity index (χ1n) is 10.7. The molecule has 5 heteroatoms. The molecule has 0 unspecified atom stereocenters. The highest BCUT2D eigenvalue weighted by Crippen LogP contribution is 2.26. The SMILES string of the molecule is Cc1cccc(-n2c(C)cc(/C=C(/C#N)C(=O)Nc3cccc(OC(C)C)c3)c2C)c1C. The van der Waals surface area contributed by atoms with Gasteiger partial charge in [0.15, 0.2) is 0 Å². The van der Waals surface area contributed by atoms with Crippen molar-refractivity contribution in [2.45, 2.75) is 47.6 Å². The van der Waals surface area contributed by atoms with Crippen LogP contribution >= 0.6 is 0 Å². The summed E-state index contributed by atoms with van der Waals surface area (Å²) < 4.78 is 7.84. The van der Waals surface area contributed by atoms with Gasteiger partial charge in [0, 0.05) is 28.8 Å². The van der Waals surface area contributed by atoms with Crippen LogP contribution in [0.15, 0.2) is 54.1 Å². The largest absolute Gasteiger partial charge is 0.491 e. The lowest BCUT2D eigenvalue weighted by atomic mass is 10.1. The maximum atomic E-state index is 12.8. The lowest BCUT2D eigenvalue weighted by Gasteiger charge is -2.14. The van der Waals surface area contributed by atoms with Gasteiger partial charge in [-0.25, -0.2) is 0 Å². The van der Waals surface area contributed by atoms with Gasteiger partial charge in [0.25, 0.3) is 5.91 Å². The quantitative estimate of drug-likeness (QED) is 0.385. The molecule has 5 nitrogen and oxygen atoms in total. The summed E-state index contributed by atoms with van der Waals surface area (Å²) in [6.07, 6.45) is 1.68. The van der Waals surface area contributed by atoms with E-state index in [0.29, 0.717) is 11.4 Å². The number of nitriles is 1. The van der Waals surface area contributed by atoms with Gasteiger partial charge in [-0.05, 0) is 88.6 Å². The zero-order chi connectivity index (χ0) is 23.4. The molecule has 0 aliphatic rings. The van der Waals surface area contributed by atoms with Gasteiger partial charge in [0.05, 0.1) is 6.10 Å². The minimum atomic E-state index is -0.453. The van der Waals surface area contributed by atoms with Crippen LogP contribution in [0.5, 0.6) is 5.75 Å². The zero-order valence-corrected chi connectivity index (χ0v) is 19.5. The predicted molar refractivity (Wildman–Crippen MR) is 129 cm³/mol. The van der Waals surface area contributed by atoms with Crippen molar-refractivity contribution < 1.29 is 9.53 Å². The Kier molecular flexibility index (Phi) is 6.85. The van der Waals surface area contributed by atoms with Gasteiger partial charge in [0.2, 0.25) is 0 Å². The molecule has 1 aromatic heterocycles. The lowest BCUT2D eigenvalue weighted by molar-refractivity contribution is -0.112. The van der Waals surface area contributed by atoms with Crippen LogP contribution in [0.4, 0.5) is 5.69 Å². The maximum absolute atomic E-state index is 12.8. The van der Waals surface area contributed by atoms with Crippen LogP contribution in [0.1, 0.15) is 41.9 Å². The molecule has 0 atom stereocenters. The molecule has 0 bridgehead atoms. The summed E-state index contributed by atoms with van der Waals surface area (Å²) in [5.41, 5.74) is 7.00. The number of benzene rings is 2. The molecule has 1 amide bonds. The van der Waals surface area contributed by atoms with Crippen LogP contribution in [0, 0.1) is 39.0 Å². The molecule has 3 rings (SSSR count). The highest BCUT2D eigenvalue weighted by Gasteiger charge is 2.15. The van der Waals surface area contributed by atoms with Gasteiger partial charge >= 0.3 is 0 Å². The normalized spacial score (nSPS) is 11.4. The molecule has 0 fully saturated rings. The predicted octanol–water partition coefficient (Wildman–Crippen LogP) is 6.04. The van der Waals surface area contributed by atoms with Gasteiger partial charge in [-0.15, -0.1) is 0 Å². The number of rotatable bonds is 6.